The Morgan fingerprint density at radius 2 is 2.00 bits per heavy atom. The van der Waals surface area contributed by atoms with Crippen molar-refractivity contribution in [1.82, 2.24) is 9.80 Å². The van der Waals surface area contributed by atoms with Crippen LogP contribution in [0.1, 0.15) is 26.2 Å². The molecule has 0 aromatic carbocycles. The summed E-state index contributed by atoms with van der Waals surface area (Å²) in [5.74, 6) is 0.210. The zero-order valence-electron chi connectivity index (χ0n) is 9.95. The van der Waals surface area contributed by atoms with Gasteiger partial charge in [0.25, 0.3) is 0 Å². The van der Waals surface area contributed by atoms with Crippen LogP contribution in [0.2, 0.25) is 0 Å². The predicted molar refractivity (Wildman–Crippen MR) is 69.3 cm³/mol. The second-order valence-electron chi connectivity index (χ2n) is 4.26. The lowest BCUT2D eigenvalue weighted by atomic mass is 10.3. The van der Waals surface area contributed by atoms with E-state index < -0.39 is 0 Å². The quantitative estimate of drug-likeness (QED) is 0.694. The maximum absolute atomic E-state index is 11.9. The smallest absolute Gasteiger partial charge is 0.236 e. The fourth-order valence-corrected chi connectivity index (χ4v) is 2.19. The van der Waals surface area contributed by atoms with E-state index in [1.165, 1.54) is 0 Å². The Morgan fingerprint density at radius 1 is 1.38 bits per heavy atom. The molecule has 1 saturated heterocycles. The standard InChI is InChI=1S/C11H21N3OS/c1-2-5-13(8-10(12)16)9-11(15)14-6-3-4-7-14/h2-9H2,1H3,(H2,12,16). The van der Waals surface area contributed by atoms with Crippen molar-refractivity contribution in [1.29, 1.82) is 0 Å². The molecule has 92 valence electrons. The number of amides is 1. The lowest BCUT2D eigenvalue weighted by Gasteiger charge is -2.23. The molecule has 0 atom stereocenters. The Morgan fingerprint density at radius 3 is 2.50 bits per heavy atom. The highest BCUT2D eigenvalue weighted by molar-refractivity contribution is 7.80. The van der Waals surface area contributed by atoms with Crippen LogP contribution in [0, 0.1) is 0 Å². The van der Waals surface area contributed by atoms with Gasteiger partial charge in [-0.1, -0.05) is 19.1 Å². The number of nitrogens with zero attached hydrogens (tertiary/aromatic N) is 2. The highest BCUT2D eigenvalue weighted by Crippen LogP contribution is 2.08. The first-order valence-electron chi connectivity index (χ1n) is 5.92. The number of nitrogens with two attached hydrogens (primary N) is 1. The highest BCUT2D eigenvalue weighted by Gasteiger charge is 2.20. The molecule has 1 heterocycles. The predicted octanol–water partition coefficient (Wildman–Crippen LogP) is 0.607. The van der Waals surface area contributed by atoms with Crippen LogP contribution in [0.4, 0.5) is 0 Å². The zero-order valence-corrected chi connectivity index (χ0v) is 10.8. The summed E-state index contributed by atoms with van der Waals surface area (Å²) in [5.41, 5.74) is 5.52. The molecular formula is C11H21N3OS. The van der Waals surface area contributed by atoms with Crippen molar-refractivity contribution in [2.24, 2.45) is 5.73 Å². The van der Waals surface area contributed by atoms with Crippen molar-refractivity contribution >= 4 is 23.1 Å². The summed E-state index contributed by atoms with van der Waals surface area (Å²) in [6.45, 7) is 5.77. The van der Waals surface area contributed by atoms with Crippen molar-refractivity contribution < 1.29 is 4.79 Å². The van der Waals surface area contributed by atoms with Crippen LogP contribution in [0.5, 0.6) is 0 Å². The molecule has 0 radical (unpaired) electrons. The Bertz CT molecular complexity index is 252. The molecule has 0 saturated carbocycles. The van der Waals surface area contributed by atoms with E-state index in [9.17, 15) is 4.79 Å². The summed E-state index contributed by atoms with van der Waals surface area (Å²) in [6.07, 6.45) is 3.28. The van der Waals surface area contributed by atoms with E-state index >= 15 is 0 Å². The molecule has 0 aromatic rings. The normalized spacial score (nSPS) is 15.8. The van der Waals surface area contributed by atoms with Gasteiger partial charge in [0, 0.05) is 19.6 Å². The summed E-state index contributed by atoms with van der Waals surface area (Å²) < 4.78 is 0. The first-order chi connectivity index (χ1) is 7.63. The molecule has 1 rings (SSSR count). The third kappa shape index (κ3) is 4.45. The number of hydrogen-bond donors (Lipinski definition) is 1. The van der Waals surface area contributed by atoms with E-state index in [-0.39, 0.29) is 5.91 Å². The van der Waals surface area contributed by atoms with Gasteiger partial charge < -0.3 is 10.6 Å². The van der Waals surface area contributed by atoms with E-state index in [0.29, 0.717) is 18.1 Å². The average molecular weight is 243 g/mol. The maximum atomic E-state index is 11.9. The molecule has 1 aliphatic heterocycles. The number of carbonyl (C=O) groups excluding carboxylic acids is 1. The molecule has 1 amide bonds. The summed E-state index contributed by atoms with van der Waals surface area (Å²) in [7, 11) is 0. The van der Waals surface area contributed by atoms with Crippen LogP contribution in [0.15, 0.2) is 0 Å². The Kier molecular flexibility index (Phi) is 5.69. The van der Waals surface area contributed by atoms with Crippen LogP contribution >= 0.6 is 12.2 Å². The molecule has 16 heavy (non-hydrogen) atoms. The average Bonchev–Trinajstić information content (AvgIpc) is 2.69. The van der Waals surface area contributed by atoms with Crippen molar-refractivity contribution in [3.05, 3.63) is 0 Å². The molecule has 5 heteroatoms. The zero-order chi connectivity index (χ0) is 12.0. The van der Waals surface area contributed by atoms with Gasteiger partial charge in [-0.2, -0.15) is 0 Å². The Labute approximate surface area is 103 Å². The number of carbonyl (C=O) groups is 1. The molecule has 0 unspecified atom stereocenters. The van der Waals surface area contributed by atoms with Gasteiger partial charge in [-0.15, -0.1) is 0 Å². The first-order valence-corrected chi connectivity index (χ1v) is 6.32. The fraction of sp³-hybridized carbons (Fsp3) is 0.818. The summed E-state index contributed by atoms with van der Waals surface area (Å²) >= 11 is 4.88. The van der Waals surface area contributed by atoms with Gasteiger partial charge in [0.1, 0.15) is 0 Å². The van der Waals surface area contributed by atoms with Crippen molar-refractivity contribution in [2.45, 2.75) is 26.2 Å². The number of rotatable bonds is 6. The summed E-state index contributed by atoms with van der Waals surface area (Å²) in [4.78, 5) is 16.3. The molecule has 2 N–H and O–H groups in total. The highest BCUT2D eigenvalue weighted by atomic mass is 32.1. The van der Waals surface area contributed by atoms with Crippen LogP contribution in [-0.4, -0.2) is 53.4 Å². The van der Waals surface area contributed by atoms with Gasteiger partial charge in [0.15, 0.2) is 0 Å². The van der Waals surface area contributed by atoms with E-state index in [1.54, 1.807) is 0 Å². The van der Waals surface area contributed by atoms with E-state index in [1.807, 2.05) is 9.80 Å². The van der Waals surface area contributed by atoms with Gasteiger partial charge in [0.05, 0.1) is 11.5 Å². The van der Waals surface area contributed by atoms with Gasteiger partial charge in [-0.25, -0.2) is 0 Å². The Balaban J connectivity index is 2.39. The molecular weight excluding hydrogens is 222 g/mol. The molecule has 4 nitrogen and oxygen atoms in total. The molecule has 0 spiro atoms. The van der Waals surface area contributed by atoms with Gasteiger partial charge >= 0.3 is 0 Å². The van der Waals surface area contributed by atoms with Gasteiger partial charge in [-0.3, -0.25) is 9.69 Å². The second-order valence-corrected chi connectivity index (χ2v) is 4.79. The van der Waals surface area contributed by atoms with Gasteiger partial charge in [-0.05, 0) is 25.8 Å². The SMILES string of the molecule is CCCN(CC(=O)N1CCCC1)CC(N)=S. The minimum absolute atomic E-state index is 0.210. The monoisotopic (exact) mass is 243 g/mol. The van der Waals surface area contributed by atoms with Gasteiger partial charge in [0.2, 0.25) is 5.91 Å². The number of likely N-dealkylation sites (tertiary alicyclic amines) is 1. The lowest BCUT2D eigenvalue weighted by molar-refractivity contribution is -0.131. The van der Waals surface area contributed by atoms with E-state index in [2.05, 4.69) is 6.92 Å². The number of hydrogen-bond acceptors (Lipinski definition) is 3. The fourth-order valence-electron chi connectivity index (χ4n) is 2.01. The lowest BCUT2D eigenvalue weighted by Crippen LogP contribution is -2.42. The Hall–Kier alpha value is -0.680. The minimum atomic E-state index is 0.210. The molecule has 0 aromatic heterocycles. The maximum Gasteiger partial charge on any atom is 0.236 e. The van der Waals surface area contributed by atoms with Crippen LogP contribution < -0.4 is 5.73 Å². The van der Waals surface area contributed by atoms with E-state index in [0.717, 1.165) is 38.9 Å². The largest absolute Gasteiger partial charge is 0.392 e. The minimum Gasteiger partial charge on any atom is -0.392 e. The summed E-state index contributed by atoms with van der Waals surface area (Å²) in [6, 6.07) is 0. The molecule has 0 bridgehead atoms. The molecule has 1 fully saturated rings. The first kappa shape index (κ1) is 13.4. The topological polar surface area (TPSA) is 49.6 Å². The molecule has 0 aliphatic carbocycles. The third-order valence-electron chi connectivity index (χ3n) is 2.74. The van der Waals surface area contributed by atoms with Crippen molar-refractivity contribution in [3.63, 3.8) is 0 Å². The number of thiocarbonyl (C=S) groups is 1. The second kappa shape index (κ2) is 6.81. The van der Waals surface area contributed by atoms with Crippen LogP contribution in [-0.2, 0) is 4.79 Å². The van der Waals surface area contributed by atoms with Crippen molar-refractivity contribution in [3.8, 4) is 0 Å². The summed E-state index contributed by atoms with van der Waals surface area (Å²) in [5, 5.41) is 0. The van der Waals surface area contributed by atoms with Crippen LogP contribution in [0.25, 0.3) is 0 Å². The van der Waals surface area contributed by atoms with E-state index in [4.69, 9.17) is 18.0 Å². The molecule has 1 aliphatic rings. The van der Waals surface area contributed by atoms with Crippen molar-refractivity contribution in [2.75, 3.05) is 32.7 Å². The van der Waals surface area contributed by atoms with Crippen LogP contribution in [0.3, 0.4) is 0 Å². The third-order valence-corrected chi connectivity index (χ3v) is 2.87.